The van der Waals surface area contributed by atoms with Crippen LogP contribution in [0.5, 0.6) is 11.8 Å². The Labute approximate surface area is 440 Å². The van der Waals surface area contributed by atoms with Crippen LogP contribution in [0.4, 0.5) is 15.9 Å². The quantitative estimate of drug-likeness (QED) is 0.0878. The number of halogens is 1. The van der Waals surface area contributed by atoms with Crippen molar-refractivity contribution in [2.75, 3.05) is 95.9 Å². The fourth-order valence-electron chi connectivity index (χ4n) is 13.7. The van der Waals surface area contributed by atoms with Crippen LogP contribution >= 0.6 is 0 Å². The van der Waals surface area contributed by atoms with Gasteiger partial charge in [0.1, 0.15) is 35.7 Å². The number of aldehydes is 1. The number of likely N-dealkylation sites (N-methyl/N-ethyl adjacent to an activating group) is 1. The zero-order chi connectivity index (χ0) is 51.7. The highest BCUT2D eigenvalue weighted by Gasteiger charge is 2.40. The molecule has 6 aliphatic rings. The largest absolute Gasteiger partial charge is 0.508 e. The third-order valence-electron chi connectivity index (χ3n) is 18.1. The molecule has 2 bridgehead atoms. The summed E-state index contributed by atoms with van der Waals surface area (Å²) in [5.74, 6) is 2.12. The summed E-state index contributed by atoms with van der Waals surface area (Å²) in [5, 5.41) is 15.7. The van der Waals surface area contributed by atoms with Crippen molar-refractivity contribution >= 4 is 51.3 Å². The summed E-state index contributed by atoms with van der Waals surface area (Å²) in [6.45, 7) is 12.7. The van der Waals surface area contributed by atoms with Crippen LogP contribution in [0.2, 0.25) is 0 Å². The first-order valence-electron chi connectivity index (χ1n) is 28.0. The number of aromatic nitrogens is 3. The number of piperazine rings is 1. The molecule has 15 nitrogen and oxygen atoms in total. The summed E-state index contributed by atoms with van der Waals surface area (Å²) in [6, 6.07) is 15.6. The number of fused-ring (bicyclic) bond motifs is 5. The summed E-state index contributed by atoms with van der Waals surface area (Å²) in [6.07, 6.45) is 14.5. The standard InChI is InChI=1S/C59H75FN10O5/c1-4-41-7-5-8-42-30-46(72)31-48(53(41)42)55-54(60)56-49(32-62-55)57(69-34-43-11-12-44(35-69)65(43)3)64-59(63-56)75-28-27-66-21-15-38(16-22-66)29-39-17-23-67(24-18-39)33-40-19-25-68(26-20-40)51-10-6-9-47-50(51)36-70(58(47)74)45(37-71)13-14-52(73)61-2/h5-10,30-32,37-40,43-45,72H,4,11-29,33-36H2,1-3H3,(H,61,73). The number of hydrogen-bond donors (Lipinski definition) is 2. The monoisotopic (exact) mass is 1020 g/mol. The van der Waals surface area contributed by atoms with Crippen molar-refractivity contribution in [1.82, 2.24) is 39.9 Å². The van der Waals surface area contributed by atoms with Crippen LogP contribution in [0, 0.1) is 23.6 Å². The van der Waals surface area contributed by atoms with Crippen molar-refractivity contribution in [3.05, 3.63) is 77.2 Å². The maximum absolute atomic E-state index is 17.2. The Kier molecular flexibility index (Phi) is 15.2. The number of carbonyl (C=O) groups excluding carboxylic acids is 3. The van der Waals surface area contributed by atoms with Crippen LogP contribution in [0.3, 0.4) is 0 Å². The number of piperidine rings is 3. The van der Waals surface area contributed by atoms with Gasteiger partial charge in [-0.15, -0.1) is 0 Å². The second-order valence-corrected chi connectivity index (χ2v) is 22.5. The topological polar surface area (TPSA) is 151 Å². The predicted molar refractivity (Wildman–Crippen MR) is 291 cm³/mol. The van der Waals surface area contributed by atoms with Gasteiger partial charge in [-0.05, 0) is 162 Å². The number of amides is 2. The summed E-state index contributed by atoms with van der Waals surface area (Å²) in [5.41, 5.74) is 4.74. The number of anilines is 2. The molecular weight excluding hydrogens is 948 g/mol. The minimum Gasteiger partial charge on any atom is -0.508 e. The van der Waals surface area contributed by atoms with Gasteiger partial charge in [0.05, 0.1) is 11.4 Å². The van der Waals surface area contributed by atoms with Gasteiger partial charge in [-0.3, -0.25) is 24.4 Å². The molecule has 398 valence electrons. The fourth-order valence-corrected chi connectivity index (χ4v) is 13.7. The van der Waals surface area contributed by atoms with E-state index in [0.29, 0.717) is 59.9 Å². The van der Waals surface area contributed by atoms with Crippen LogP contribution in [0.1, 0.15) is 99.0 Å². The molecule has 11 rings (SSSR count). The van der Waals surface area contributed by atoms with Gasteiger partial charge in [-0.25, -0.2) is 4.39 Å². The van der Waals surface area contributed by atoms with Crippen molar-refractivity contribution in [3.8, 4) is 23.0 Å². The summed E-state index contributed by atoms with van der Waals surface area (Å²) in [7, 11) is 3.79. The van der Waals surface area contributed by atoms with Gasteiger partial charge >= 0.3 is 6.01 Å². The molecule has 2 amide bonds. The Morgan fingerprint density at radius 2 is 1.59 bits per heavy atom. The van der Waals surface area contributed by atoms with Crippen LogP contribution < -0.4 is 19.9 Å². The number of aryl methyl sites for hydroxylation is 1. The van der Waals surface area contributed by atoms with Crippen LogP contribution in [-0.4, -0.2) is 162 Å². The number of likely N-dealkylation sites (tertiary alicyclic amines) is 2. The molecule has 6 aliphatic heterocycles. The molecule has 3 unspecified atom stereocenters. The van der Waals surface area contributed by atoms with Gasteiger partial charge in [0.2, 0.25) is 5.91 Å². The third-order valence-corrected chi connectivity index (χ3v) is 18.1. The summed E-state index contributed by atoms with van der Waals surface area (Å²) >= 11 is 0. The molecule has 5 fully saturated rings. The zero-order valence-electron chi connectivity index (χ0n) is 44.2. The highest BCUT2D eigenvalue weighted by Crippen LogP contribution is 2.41. The molecule has 5 saturated heterocycles. The Morgan fingerprint density at radius 3 is 2.29 bits per heavy atom. The maximum atomic E-state index is 17.2. The molecule has 2 aromatic heterocycles. The molecule has 3 aromatic carbocycles. The second-order valence-electron chi connectivity index (χ2n) is 22.5. The molecule has 8 heterocycles. The number of phenolic OH excluding ortho intramolecular Hbond substituents is 1. The number of aromatic hydroxyl groups is 1. The molecular formula is C59H75FN10O5. The van der Waals surface area contributed by atoms with E-state index in [1.807, 2.05) is 30.3 Å². The lowest BCUT2D eigenvalue weighted by Crippen LogP contribution is -2.52. The van der Waals surface area contributed by atoms with E-state index in [1.165, 1.54) is 45.2 Å². The number of benzene rings is 3. The lowest BCUT2D eigenvalue weighted by Gasteiger charge is -2.40. The molecule has 5 aromatic rings. The lowest BCUT2D eigenvalue weighted by molar-refractivity contribution is -0.121. The van der Waals surface area contributed by atoms with Gasteiger partial charge in [0.25, 0.3) is 5.91 Å². The molecule has 2 N–H and O–H groups in total. The highest BCUT2D eigenvalue weighted by molar-refractivity contribution is 6.02. The number of carbonyl (C=O) groups is 3. The van der Waals surface area contributed by atoms with E-state index in [4.69, 9.17) is 19.7 Å². The van der Waals surface area contributed by atoms with Crippen molar-refractivity contribution in [2.45, 2.75) is 109 Å². The van der Waals surface area contributed by atoms with Gasteiger partial charge in [-0.1, -0.05) is 31.2 Å². The van der Waals surface area contributed by atoms with Crippen molar-refractivity contribution < 1.29 is 28.6 Å². The normalized spacial score (nSPS) is 21.9. The van der Waals surface area contributed by atoms with E-state index in [2.05, 4.69) is 49.9 Å². The van der Waals surface area contributed by atoms with E-state index in [0.717, 1.165) is 130 Å². The van der Waals surface area contributed by atoms with Crippen molar-refractivity contribution in [3.63, 3.8) is 0 Å². The van der Waals surface area contributed by atoms with E-state index in [9.17, 15) is 19.5 Å². The predicted octanol–water partition coefficient (Wildman–Crippen LogP) is 7.69. The van der Waals surface area contributed by atoms with Crippen LogP contribution in [0.25, 0.3) is 32.9 Å². The first-order chi connectivity index (χ1) is 36.5. The van der Waals surface area contributed by atoms with Crippen LogP contribution in [-0.2, 0) is 22.6 Å². The van der Waals surface area contributed by atoms with E-state index in [-0.39, 0.29) is 41.2 Å². The van der Waals surface area contributed by atoms with Gasteiger partial charge in [-0.2, -0.15) is 9.97 Å². The Hall–Kier alpha value is -5.97. The average Bonchev–Trinajstić information content (AvgIpc) is 3.85. The number of hydrogen-bond acceptors (Lipinski definition) is 13. The first kappa shape index (κ1) is 51.2. The van der Waals surface area contributed by atoms with Crippen LogP contribution in [0.15, 0.2) is 54.7 Å². The lowest BCUT2D eigenvalue weighted by atomic mass is 9.82. The molecule has 0 spiro atoms. The molecule has 0 saturated carbocycles. The number of phenols is 1. The fraction of sp³-hybridized carbons (Fsp3) is 0.559. The Morgan fingerprint density at radius 1 is 0.880 bits per heavy atom. The number of pyridine rings is 1. The number of nitrogens with one attached hydrogen (secondary N) is 1. The second kappa shape index (κ2) is 22.3. The number of rotatable bonds is 17. The first-order valence-corrected chi connectivity index (χ1v) is 28.0. The SMILES string of the molecule is CCc1cccc2cc(O)cc(-c3ncc4c(N5CC6CCC(C5)N6C)nc(OCCN5CCC(CC6CCN(CC7CCN(c8cccc9c8CN(C(C=O)CCC(=O)NC)C9=O)CC7)CC6)CC5)nc4c3F)c12. The average molecular weight is 1020 g/mol. The Balaban J connectivity index is 0.656. The maximum Gasteiger partial charge on any atom is 0.319 e. The van der Waals surface area contributed by atoms with Gasteiger partial charge in [0.15, 0.2) is 5.82 Å². The minimum absolute atomic E-state index is 0.0617. The smallest absolute Gasteiger partial charge is 0.319 e. The summed E-state index contributed by atoms with van der Waals surface area (Å²) in [4.78, 5) is 65.9. The minimum atomic E-state index is -0.619. The molecule has 75 heavy (non-hydrogen) atoms. The third kappa shape index (κ3) is 10.6. The van der Waals surface area contributed by atoms with Crippen molar-refractivity contribution in [2.24, 2.45) is 17.8 Å². The molecule has 0 aliphatic carbocycles. The number of ether oxygens (including phenoxy) is 1. The number of nitrogens with zero attached hydrogens (tertiary/aromatic N) is 9. The molecule has 0 radical (unpaired) electrons. The van der Waals surface area contributed by atoms with Gasteiger partial charge < -0.3 is 39.6 Å². The molecule has 16 heteroatoms. The highest BCUT2D eigenvalue weighted by atomic mass is 19.1. The van der Waals surface area contributed by atoms with E-state index >= 15 is 4.39 Å². The van der Waals surface area contributed by atoms with E-state index in [1.54, 1.807) is 30.3 Å². The van der Waals surface area contributed by atoms with Gasteiger partial charge in [0, 0.05) is 99.9 Å². The Bertz CT molecular complexity index is 2880. The zero-order valence-corrected chi connectivity index (χ0v) is 44.2. The van der Waals surface area contributed by atoms with Crippen molar-refractivity contribution in [1.29, 1.82) is 0 Å². The van der Waals surface area contributed by atoms with E-state index < -0.39 is 11.9 Å². The molecule has 3 atom stereocenters. The summed E-state index contributed by atoms with van der Waals surface area (Å²) < 4.78 is 23.5.